The van der Waals surface area contributed by atoms with Crippen molar-refractivity contribution in [1.29, 1.82) is 0 Å². The van der Waals surface area contributed by atoms with Gasteiger partial charge in [-0.1, -0.05) is 11.6 Å². The molecule has 0 saturated heterocycles. The number of hydrogen-bond donors (Lipinski definition) is 3. The van der Waals surface area contributed by atoms with Gasteiger partial charge in [0, 0.05) is 19.6 Å². The maximum Gasteiger partial charge on any atom is 0.254 e. The fourth-order valence-electron chi connectivity index (χ4n) is 1.37. The first-order chi connectivity index (χ1) is 8.91. The topological polar surface area (TPSA) is 61.4 Å². The Kier molecular flexibility index (Phi) is 6.14. The van der Waals surface area contributed by atoms with Crippen LogP contribution in [0.1, 0.15) is 17.3 Å². The summed E-state index contributed by atoms with van der Waals surface area (Å²) in [5.74, 6) is -2.44. The second-order valence-electron chi connectivity index (χ2n) is 4.06. The number of carbonyl (C=O) groups excluding carboxylic acids is 1. The highest BCUT2D eigenvalue weighted by Crippen LogP contribution is 2.19. The van der Waals surface area contributed by atoms with Crippen molar-refractivity contribution < 1.29 is 18.7 Å². The Hall–Kier alpha value is -1.24. The molecular weight excluding hydrogens is 278 g/mol. The van der Waals surface area contributed by atoms with Crippen molar-refractivity contribution in [1.82, 2.24) is 10.6 Å². The van der Waals surface area contributed by atoms with Gasteiger partial charge < -0.3 is 15.7 Å². The van der Waals surface area contributed by atoms with E-state index in [-0.39, 0.29) is 11.6 Å². The third-order valence-corrected chi connectivity index (χ3v) is 2.57. The highest BCUT2D eigenvalue weighted by molar-refractivity contribution is 6.30. The van der Waals surface area contributed by atoms with Crippen LogP contribution in [0.25, 0.3) is 0 Å². The molecule has 0 aliphatic rings. The van der Waals surface area contributed by atoms with Crippen molar-refractivity contribution in [3.8, 4) is 0 Å². The Balaban J connectivity index is 2.48. The van der Waals surface area contributed by atoms with Gasteiger partial charge in [0.2, 0.25) is 0 Å². The van der Waals surface area contributed by atoms with Crippen LogP contribution < -0.4 is 10.6 Å². The lowest BCUT2D eigenvalue weighted by Gasteiger charge is -2.09. The molecule has 0 saturated carbocycles. The molecular formula is C12H15ClF2N2O2. The minimum absolute atomic E-state index is 0.231. The summed E-state index contributed by atoms with van der Waals surface area (Å²) in [5, 5.41) is 13.9. The van der Waals surface area contributed by atoms with E-state index < -0.39 is 29.2 Å². The van der Waals surface area contributed by atoms with Crippen LogP contribution in [0, 0.1) is 11.6 Å². The van der Waals surface area contributed by atoms with E-state index in [4.69, 9.17) is 16.7 Å². The molecule has 7 heteroatoms. The number of carbonyl (C=O) groups is 1. The minimum Gasteiger partial charge on any atom is -0.392 e. The Bertz CT molecular complexity index is 456. The van der Waals surface area contributed by atoms with E-state index >= 15 is 0 Å². The average Bonchev–Trinajstić information content (AvgIpc) is 2.32. The van der Waals surface area contributed by atoms with Crippen LogP contribution in [0.15, 0.2) is 12.1 Å². The molecule has 0 fully saturated rings. The molecule has 1 rings (SSSR count). The summed E-state index contributed by atoms with van der Waals surface area (Å²) in [6.07, 6.45) is -0.487. The monoisotopic (exact) mass is 292 g/mol. The van der Waals surface area contributed by atoms with Gasteiger partial charge in [0.15, 0.2) is 0 Å². The number of halogens is 3. The summed E-state index contributed by atoms with van der Waals surface area (Å²) < 4.78 is 26.5. The van der Waals surface area contributed by atoms with Gasteiger partial charge in [-0.2, -0.15) is 0 Å². The SMILES string of the molecule is CC(O)CNCCNC(=O)c1cc(F)c(Cl)cc1F. The summed E-state index contributed by atoms with van der Waals surface area (Å²) in [5.41, 5.74) is -0.391. The van der Waals surface area contributed by atoms with E-state index in [1.165, 1.54) is 0 Å². The highest BCUT2D eigenvalue weighted by Gasteiger charge is 2.14. The molecule has 1 atom stereocenters. The first-order valence-corrected chi connectivity index (χ1v) is 6.11. The van der Waals surface area contributed by atoms with Crippen molar-refractivity contribution in [2.75, 3.05) is 19.6 Å². The zero-order chi connectivity index (χ0) is 14.4. The van der Waals surface area contributed by atoms with Crippen molar-refractivity contribution in [2.24, 2.45) is 0 Å². The Labute approximate surface area is 114 Å². The zero-order valence-electron chi connectivity index (χ0n) is 10.3. The van der Waals surface area contributed by atoms with Gasteiger partial charge in [0.25, 0.3) is 5.91 Å². The molecule has 1 aromatic rings. The molecule has 19 heavy (non-hydrogen) atoms. The quantitative estimate of drug-likeness (QED) is 0.547. The van der Waals surface area contributed by atoms with Gasteiger partial charge >= 0.3 is 0 Å². The second kappa shape index (κ2) is 7.37. The molecule has 0 spiro atoms. The first-order valence-electron chi connectivity index (χ1n) is 5.73. The maximum atomic E-state index is 13.4. The Morgan fingerprint density at radius 3 is 2.68 bits per heavy atom. The number of hydrogen-bond acceptors (Lipinski definition) is 3. The summed E-state index contributed by atoms with van der Waals surface area (Å²) in [6, 6.07) is 1.52. The molecule has 1 aromatic carbocycles. The van der Waals surface area contributed by atoms with Crippen LogP contribution in [0.3, 0.4) is 0 Å². The highest BCUT2D eigenvalue weighted by atomic mass is 35.5. The maximum absolute atomic E-state index is 13.4. The molecule has 0 heterocycles. The average molecular weight is 293 g/mol. The standard InChI is InChI=1S/C12H15ClF2N2O2/c1-7(18)6-16-2-3-17-12(19)8-4-11(15)9(13)5-10(8)14/h4-5,7,16,18H,2-3,6H2,1H3,(H,17,19). The molecule has 106 valence electrons. The molecule has 3 N–H and O–H groups in total. The van der Waals surface area contributed by atoms with Gasteiger partial charge in [-0.25, -0.2) is 8.78 Å². The predicted molar refractivity (Wildman–Crippen MR) is 68.3 cm³/mol. The lowest BCUT2D eigenvalue weighted by Crippen LogP contribution is -2.34. The number of rotatable bonds is 6. The van der Waals surface area contributed by atoms with E-state index in [0.29, 0.717) is 13.1 Å². The van der Waals surface area contributed by atoms with E-state index in [1.54, 1.807) is 6.92 Å². The van der Waals surface area contributed by atoms with Crippen molar-refractivity contribution in [3.63, 3.8) is 0 Å². The lowest BCUT2D eigenvalue weighted by molar-refractivity contribution is 0.0949. The number of nitrogens with one attached hydrogen (secondary N) is 2. The van der Waals surface area contributed by atoms with E-state index in [2.05, 4.69) is 10.6 Å². The summed E-state index contributed by atoms with van der Waals surface area (Å²) in [6.45, 7) is 2.65. The number of aliphatic hydroxyl groups is 1. The number of benzene rings is 1. The fraction of sp³-hybridized carbons (Fsp3) is 0.417. The zero-order valence-corrected chi connectivity index (χ0v) is 11.1. The first kappa shape index (κ1) is 15.8. The smallest absolute Gasteiger partial charge is 0.254 e. The number of amides is 1. The van der Waals surface area contributed by atoms with Gasteiger partial charge in [-0.15, -0.1) is 0 Å². The van der Waals surface area contributed by atoms with E-state index in [1.807, 2.05) is 0 Å². The summed E-state index contributed by atoms with van der Waals surface area (Å²) in [7, 11) is 0. The van der Waals surface area contributed by atoms with Crippen LogP contribution in [0.5, 0.6) is 0 Å². The Morgan fingerprint density at radius 2 is 2.05 bits per heavy atom. The van der Waals surface area contributed by atoms with Crippen LogP contribution in [0.2, 0.25) is 5.02 Å². The largest absolute Gasteiger partial charge is 0.392 e. The third-order valence-electron chi connectivity index (χ3n) is 2.28. The van der Waals surface area contributed by atoms with Gasteiger partial charge in [-0.05, 0) is 19.1 Å². The fourth-order valence-corrected chi connectivity index (χ4v) is 1.52. The van der Waals surface area contributed by atoms with Crippen molar-refractivity contribution in [3.05, 3.63) is 34.4 Å². The predicted octanol–water partition coefficient (Wildman–Crippen LogP) is 1.32. The van der Waals surface area contributed by atoms with Gasteiger partial charge in [-0.3, -0.25) is 4.79 Å². The van der Waals surface area contributed by atoms with Crippen LogP contribution in [0.4, 0.5) is 8.78 Å². The van der Waals surface area contributed by atoms with Gasteiger partial charge in [0.1, 0.15) is 11.6 Å². The minimum atomic E-state index is -0.874. The van der Waals surface area contributed by atoms with Crippen LogP contribution in [-0.2, 0) is 0 Å². The molecule has 0 aliphatic carbocycles. The second-order valence-corrected chi connectivity index (χ2v) is 4.46. The van der Waals surface area contributed by atoms with E-state index in [0.717, 1.165) is 12.1 Å². The van der Waals surface area contributed by atoms with E-state index in [9.17, 15) is 13.6 Å². The van der Waals surface area contributed by atoms with Crippen molar-refractivity contribution in [2.45, 2.75) is 13.0 Å². The summed E-state index contributed by atoms with van der Waals surface area (Å²) >= 11 is 5.39. The van der Waals surface area contributed by atoms with Crippen LogP contribution >= 0.6 is 11.6 Å². The van der Waals surface area contributed by atoms with Crippen LogP contribution in [-0.4, -0.2) is 36.8 Å². The number of aliphatic hydroxyl groups excluding tert-OH is 1. The molecule has 1 unspecified atom stereocenters. The molecule has 0 aliphatic heterocycles. The Morgan fingerprint density at radius 1 is 1.37 bits per heavy atom. The lowest BCUT2D eigenvalue weighted by atomic mass is 10.2. The summed E-state index contributed by atoms with van der Waals surface area (Å²) in [4.78, 5) is 11.6. The molecule has 4 nitrogen and oxygen atoms in total. The normalized spacial score (nSPS) is 12.3. The molecule has 0 radical (unpaired) electrons. The molecule has 0 bridgehead atoms. The van der Waals surface area contributed by atoms with Crippen molar-refractivity contribution >= 4 is 17.5 Å². The third kappa shape index (κ3) is 5.10. The van der Waals surface area contributed by atoms with Gasteiger partial charge in [0.05, 0.1) is 16.7 Å². The molecule has 1 amide bonds. The molecule has 0 aromatic heterocycles.